The Morgan fingerprint density at radius 3 is 2.56 bits per heavy atom. The van der Waals surface area contributed by atoms with E-state index >= 15 is 0 Å². The fourth-order valence-electron chi connectivity index (χ4n) is 2.61. The Balaban J connectivity index is 1.50. The summed E-state index contributed by atoms with van der Waals surface area (Å²) in [5, 5.41) is 8.94. The van der Waals surface area contributed by atoms with Crippen molar-refractivity contribution in [2.45, 2.75) is 0 Å². The van der Waals surface area contributed by atoms with E-state index in [4.69, 9.17) is 10.00 Å². The van der Waals surface area contributed by atoms with Gasteiger partial charge in [-0.3, -0.25) is 4.79 Å². The summed E-state index contributed by atoms with van der Waals surface area (Å²) in [7, 11) is 0. The van der Waals surface area contributed by atoms with Gasteiger partial charge in [0.15, 0.2) is 6.61 Å². The fraction of sp³-hybridized carbons (Fsp3) is 0.278. The molecule has 0 spiro atoms. The largest absolute Gasteiger partial charge is 0.484 e. The third-order valence-electron chi connectivity index (χ3n) is 3.98. The van der Waals surface area contributed by atoms with Crippen LogP contribution in [-0.4, -0.2) is 48.6 Å². The highest BCUT2D eigenvalue weighted by molar-refractivity contribution is 9.10. The van der Waals surface area contributed by atoms with Gasteiger partial charge in [0.1, 0.15) is 23.3 Å². The number of anilines is 1. The molecule has 128 valence electrons. The highest BCUT2D eigenvalue weighted by Crippen LogP contribution is 2.17. The lowest BCUT2D eigenvalue weighted by atomic mass is 10.3. The van der Waals surface area contributed by atoms with E-state index in [0.29, 0.717) is 37.6 Å². The van der Waals surface area contributed by atoms with Crippen LogP contribution >= 0.6 is 15.9 Å². The van der Waals surface area contributed by atoms with E-state index in [2.05, 4.69) is 25.8 Å². The van der Waals surface area contributed by atoms with Crippen molar-refractivity contribution in [3.05, 3.63) is 52.6 Å². The summed E-state index contributed by atoms with van der Waals surface area (Å²) in [6.07, 6.45) is 0. The molecule has 6 nitrogen and oxygen atoms in total. The number of nitriles is 1. The number of ether oxygens (including phenoxy) is 1. The van der Waals surface area contributed by atoms with Crippen LogP contribution in [0.1, 0.15) is 5.69 Å². The van der Waals surface area contributed by atoms with Crippen LogP contribution in [-0.2, 0) is 4.79 Å². The minimum Gasteiger partial charge on any atom is -0.484 e. The minimum absolute atomic E-state index is 0.0266. The molecule has 3 rings (SSSR count). The lowest BCUT2D eigenvalue weighted by Crippen LogP contribution is -2.50. The maximum Gasteiger partial charge on any atom is 0.260 e. The molecule has 1 aromatic heterocycles. The second kappa shape index (κ2) is 7.99. The number of benzene rings is 1. The van der Waals surface area contributed by atoms with Crippen LogP contribution in [0.15, 0.2) is 46.9 Å². The van der Waals surface area contributed by atoms with Crippen LogP contribution in [0.2, 0.25) is 0 Å². The second-order valence-corrected chi connectivity index (χ2v) is 6.52. The average Bonchev–Trinajstić information content (AvgIpc) is 2.67. The number of hydrogen-bond acceptors (Lipinski definition) is 5. The van der Waals surface area contributed by atoms with Crippen molar-refractivity contribution < 1.29 is 9.53 Å². The highest BCUT2D eigenvalue weighted by atomic mass is 79.9. The first kappa shape index (κ1) is 17.2. The Morgan fingerprint density at radius 1 is 1.16 bits per heavy atom. The summed E-state index contributed by atoms with van der Waals surface area (Å²) in [5.41, 5.74) is 0.402. The zero-order chi connectivity index (χ0) is 17.6. The zero-order valence-corrected chi connectivity index (χ0v) is 15.1. The number of piperazine rings is 1. The van der Waals surface area contributed by atoms with Crippen LogP contribution in [0.4, 0.5) is 5.82 Å². The van der Waals surface area contributed by atoms with Gasteiger partial charge in [0, 0.05) is 30.7 Å². The quantitative estimate of drug-likeness (QED) is 0.787. The second-order valence-electron chi connectivity index (χ2n) is 5.60. The molecule has 1 amide bonds. The third-order valence-corrected chi connectivity index (χ3v) is 4.51. The fourth-order valence-corrected chi connectivity index (χ4v) is 2.88. The van der Waals surface area contributed by atoms with Crippen molar-refractivity contribution >= 4 is 27.7 Å². The first-order valence-corrected chi connectivity index (χ1v) is 8.73. The third kappa shape index (κ3) is 4.48. The van der Waals surface area contributed by atoms with Crippen LogP contribution < -0.4 is 9.64 Å². The highest BCUT2D eigenvalue weighted by Gasteiger charge is 2.22. The molecule has 0 aliphatic carbocycles. The van der Waals surface area contributed by atoms with Gasteiger partial charge in [-0.05, 0) is 36.4 Å². The topological polar surface area (TPSA) is 69.5 Å². The molecule has 1 aliphatic heterocycles. The van der Waals surface area contributed by atoms with E-state index in [1.807, 2.05) is 42.5 Å². The Labute approximate surface area is 154 Å². The van der Waals surface area contributed by atoms with Gasteiger partial charge < -0.3 is 14.5 Å². The number of hydrogen-bond donors (Lipinski definition) is 0. The van der Waals surface area contributed by atoms with Crippen molar-refractivity contribution in [3.63, 3.8) is 0 Å². The van der Waals surface area contributed by atoms with Gasteiger partial charge in [0.05, 0.1) is 0 Å². The molecule has 0 saturated carbocycles. The summed E-state index contributed by atoms with van der Waals surface area (Å²) in [6.45, 7) is 2.63. The molecule has 1 saturated heterocycles. The molecular weight excluding hydrogens is 384 g/mol. The molecule has 1 aromatic carbocycles. The van der Waals surface area contributed by atoms with Crippen molar-refractivity contribution in [2.75, 3.05) is 37.7 Å². The Morgan fingerprint density at radius 2 is 1.88 bits per heavy atom. The lowest BCUT2D eigenvalue weighted by Gasteiger charge is -2.35. The normalized spacial score (nSPS) is 14.1. The summed E-state index contributed by atoms with van der Waals surface area (Å²) >= 11 is 3.36. The number of nitrogens with zero attached hydrogens (tertiary/aromatic N) is 4. The van der Waals surface area contributed by atoms with Crippen molar-refractivity contribution in [1.29, 1.82) is 5.26 Å². The molecule has 0 atom stereocenters. The van der Waals surface area contributed by atoms with Crippen LogP contribution in [0, 0.1) is 11.3 Å². The van der Waals surface area contributed by atoms with Crippen LogP contribution in [0.25, 0.3) is 0 Å². The lowest BCUT2D eigenvalue weighted by molar-refractivity contribution is -0.133. The Bertz CT molecular complexity index is 780. The minimum atomic E-state index is -0.0266. The van der Waals surface area contributed by atoms with E-state index in [1.54, 1.807) is 11.0 Å². The predicted octanol–water partition coefficient (Wildman–Crippen LogP) is 2.44. The summed E-state index contributed by atoms with van der Waals surface area (Å²) in [5.74, 6) is 1.42. The summed E-state index contributed by atoms with van der Waals surface area (Å²) in [6, 6.07) is 14.8. The number of carbonyl (C=O) groups is 1. The number of pyridine rings is 1. The van der Waals surface area contributed by atoms with E-state index in [-0.39, 0.29) is 12.5 Å². The molecule has 2 heterocycles. The Hall–Kier alpha value is -2.59. The maximum atomic E-state index is 12.3. The van der Waals surface area contributed by atoms with Gasteiger partial charge in [0.25, 0.3) is 5.91 Å². The van der Waals surface area contributed by atoms with E-state index in [1.165, 1.54) is 0 Å². The number of carbonyl (C=O) groups excluding carboxylic acids is 1. The molecule has 25 heavy (non-hydrogen) atoms. The monoisotopic (exact) mass is 400 g/mol. The molecule has 1 aliphatic rings. The van der Waals surface area contributed by atoms with E-state index in [0.717, 1.165) is 10.3 Å². The molecular formula is C18H17BrN4O2. The number of rotatable bonds is 4. The number of amides is 1. The van der Waals surface area contributed by atoms with Gasteiger partial charge in [-0.1, -0.05) is 22.0 Å². The molecule has 0 N–H and O–H groups in total. The van der Waals surface area contributed by atoms with Gasteiger partial charge in [0.2, 0.25) is 0 Å². The van der Waals surface area contributed by atoms with E-state index in [9.17, 15) is 4.79 Å². The van der Waals surface area contributed by atoms with Crippen molar-refractivity contribution in [1.82, 2.24) is 9.88 Å². The molecule has 0 bridgehead atoms. The van der Waals surface area contributed by atoms with Gasteiger partial charge in [-0.15, -0.1) is 0 Å². The average molecular weight is 401 g/mol. The number of halogens is 1. The van der Waals surface area contributed by atoms with E-state index < -0.39 is 0 Å². The van der Waals surface area contributed by atoms with Crippen molar-refractivity contribution in [2.24, 2.45) is 0 Å². The van der Waals surface area contributed by atoms with Crippen LogP contribution in [0.3, 0.4) is 0 Å². The smallest absolute Gasteiger partial charge is 0.260 e. The molecule has 0 radical (unpaired) electrons. The zero-order valence-electron chi connectivity index (χ0n) is 13.6. The van der Waals surface area contributed by atoms with Gasteiger partial charge in [-0.25, -0.2) is 4.98 Å². The first-order chi connectivity index (χ1) is 12.2. The maximum absolute atomic E-state index is 12.3. The predicted molar refractivity (Wildman–Crippen MR) is 97.4 cm³/mol. The summed E-state index contributed by atoms with van der Waals surface area (Å²) < 4.78 is 6.51. The number of aromatic nitrogens is 1. The van der Waals surface area contributed by atoms with Crippen LogP contribution in [0.5, 0.6) is 5.75 Å². The molecule has 1 fully saturated rings. The summed E-state index contributed by atoms with van der Waals surface area (Å²) in [4.78, 5) is 20.5. The molecule has 0 unspecified atom stereocenters. The first-order valence-electron chi connectivity index (χ1n) is 7.94. The van der Waals surface area contributed by atoms with Gasteiger partial charge >= 0.3 is 0 Å². The standard InChI is InChI=1S/C18H17BrN4O2/c19-14-4-6-16(7-5-14)25-13-18(24)23-10-8-22(9-11-23)17-3-1-2-15(12-20)21-17/h1-7H,8-11,13H2. The van der Waals surface area contributed by atoms with Crippen molar-refractivity contribution in [3.8, 4) is 11.8 Å². The molecule has 2 aromatic rings. The SMILES string of the molecule is N#Cc1cccc(N2CCN(C(=O)COc3ccc(Br)cc3)CC2)n1. The Kier molecular flexibility index (Phi) is 5.51. The van der Waals surface area contributed by atoms with Gasteiger partial charge in [-0.2, -0.15) is 5.26 Å². The molecule has 7 heteroatoms.